The number of amides is 2. The van der Waals surface area contributed by atoms with Crippen molar-refractivity contribution in [3.63, 3.8) is 0 Å². The van der Waals surface area contributed by atoms with Crippen LogP contribution in [0.1, 0.15) is 11.1 Å². The Morgan fingerprint density at radius 2 is 1.93 bits per heavy atom. The van der Waals surface area contributed by atoms with Crippen LogP contribution in [0.3, 0.4) is 0 Å². The highest BCUT2D eigenvalue weighted by Gasteiger charge is 2.47. The maximum absolute atomic E-state index is 12.6. The molecule has 3 atom stereocenters. The second-order valence-corrected chi connectivity index (χ2v) is 9.95. The molecule has 4 rings (SSSR count). The second kappa shape index (κ2) is 9.38. The Kier molecular flexibility index (Phi) is 6.62. The van der Waals surface area contributed by atoms with Crippen LogP contribution < -0.4 is 20.9 Å². The first-order chi connectivity index (χ1) is 14.5. The Morgan fingerprint density at radius 3 is 2.67 bits per heavy atom. The Hall–Kier alpha value is -2.07. The van der Waals surface area contributed by atoms with Gasteiger partial charge in [0, 0.05) is 12.2 Å². The first-order valence-corrected chi connectivity index (χ1v) is 11.9. The first-order valence-electron chi connectivity index (χ1n) is 9.56. The zero-order chi connectivity index (χ0) is 21.1. The van der Waals surface area contributed by atoms with Crippen LogP contribution in [0.15, 0.2) is 54.6 Å². The number of hydrogen-bond acceptors (Lipinski definition) is 6. The fraction of sp³-hybridized carbons (Fsp3) is 0.286. The lowest BCUT2D eigenvalue weighted by molar-refractivity contribution is -0.123. The monoisotopic (exact) mass is 458 g/mol. The quantitative estimate of drug-likeness (QED) is 0.575. The summed E-state index contributed by atoms with van der Waals surface area (Å²) in [6, 6.07) is 17.9. The predicted octanol–water partition coefficient (Wildman–Crippen LogP) is 2.58. The number of thioether (sulfide) groups is 2. The van der Waals surface area contributed by atoms with Crippen LogP contribution >= 0.6 is 35.7 Å². The van der Waals surface area contributed by atoms with Gasteiger partial charge in [0.2, 0.25) is 11.8 Å². The number of anilines is 1. The number of carbonyl (C=O) groups is 2. The average molecular weight is 459 g/mol. The zero-order valence-corrected chi connectivity index (χ0v) is 18.8. The van der Waals surface area contributed by atoms with Crippen molar-refractivity contribution in [2.24, 2.45) is 0 Å². The van der Waals surface area contributed by atoms with E-state index >= 15 is 0 Å². The van der Waals surface area contributed by atoms with Crippen molar-refractivity contribution in [2.75, 3.05) is 10.7 Å². The van der Waals surface area contributed by atoms with Crippen LogP contribution in [-0.2, 0) is 16.1 Å². The van der Waals surface area contributed by atoms with Gasteiger partial charge in [0.05, 0.1) is 5.75 Å². The molecule has 2 amide bonds. The van der Waals surface area contributed by atoms with Gasteiger partial charge in [-0.15, -0.1) is 11.8 Å². The molecular formula is C21H22N4O2S3. The lowest BCUT2D eigenvalue weighted by Gasteiger charge is -2.36. The molecule has 2 aliphatic rings. The number of nitrogens with zero attached hydrogens (tertiary/aromatic N) is 1. The number of carbonyl (C=O) groups excluding carboxylic acids is 2. The predicted molar refractivity (Wildman–Crippen MR) is 127 cm³/mol. The average Bonchev–Trinajstić information content (AvgIpc) is 3.09. The van der Waals surface area contributed by atoms with Crippen LogP contribution in [0.4, 0.5) is 5.69 Å². The molecule has 0 bridgehead atoms. The van der Waals surface area contributed by atoms with E-state index in [9.17, 15) is 9.59 Å². The molecule has 2 saturated heterocycles. The molecular weight excluding hydrogens is 436 g/mol. The molecule has 2 aromatic carbocycles. The molecule has 0 radical (unpaired) electrons. The molecule has 9 heteroatoms. The van der Waals surface area contributed by atoms with Crippen LogP contribution in [-0.4, -0.2) is 38.8 Å². The van der Waals surface area contributed by atoms with E-state index in [2.05, 4.69) is 16.0 Å². The highest BCUT2D eigenvalue weighted by molar-refractivity contribution is 8.24. The van der Waals surface area contributed by atoms with E-state index in [0.29, 0.717) is 10.9 Å². The number of nitrogens with one attached hydrogen (secondary N) is 3. The number of benzene rings is 2. The van der Waals surface area contributed by atoms with Gasteiger partial charge in [0.25, 0.3) is 0 Å². The third kappa shape index (κ3) is 4.80. The highest BCUT2D eigenvalue weighted by Crippen LogP contribution is 2.37. The number of aryl methyl sites for hydroxylation is 1. The van der Waals surface area contributed by atoms with Gasteiger partial charge in [0.15, 0.2) is 0 Å². The van der Waals surface area contributed by atoms with Crippen molar-refractivity contribution < 1.29 is 9.59 Å². The third-order valence-electron chi connectivity index (χ3n) is 4.87. The topological polar surface area (TPSA) is 73.5 Å². The molecule has 3 unspecified atom stereocenters. The SMILES string of the molecule is Cc1ccc(CNC(=O)CSC2NC(=O)C3SC(=S)N(c4ccccc4)C3N2)cc1. The summed E-state index contributed by atoms with van der Waals surface area (Å²) in [5.41, 5.74) is 2.83. The van der Waals surface area contributed by atoms with Crippen molar-refractivity contribution in [3.05, 3.63) is 65.7 Å². The third-order valence-corrected chi connectivity index (χ3v) is 7.49. The number of thiocarbonyl (C=S) groups is 1. The van der Waals surface area contributed by atoms with Crippen molar-refractivity contribution in [1.82, 2.24) is 16.0 Å². The Balaban J connectivity index is 1.33. The number of para-hydroxylation sites is 1. The minimum atomic E-state index is -0.364. The molecule has 0 saturated carbocycles. The molecule has 0 spiro atoms. The fourth-order valence-corrected chi connectivity index (χ4v) is 5.75. The summed E-state index contributed by atoms with van der Waals surface area (Å²) in [5.74, 6) is 0.0986. The van der Waals surface area contributed by atoms with Crippen molar-refractivity contribution >= 4 is 57.6 Å². The van der Waals surface area contributed by atoms with Crippen LogP contribution in [0.2, 0.25) is 0 Å². The van der Waals surface area contributed by atoms with Gasteiger partial charge in [0.1, 0.15) is 21.2 Å². The van der Waals surface area contributed by atoms with Gasteiger partial charge in [-0.3, -0.25) is 14.9 Å². The Labute approximate surface area is 189 Å². The smallest absolute Gasteiger partial charge is 0.238 e. The zero-order valence-electron chi connectivity index (χ0n) is 16.3. The Bertz CT molecular complexity index is 939. The molecule has 0 aromatic heterocycles. The van der Waals surface area contributed by atoms with Gasteiger partial charge in [-0.1, -0.05) is 72.0 Å². The summed E-state index contributed by atoms with van der Waals surface area (Å²) in [6.45, 7) is 2.52. The minimum absolute atomic E-state index is 0.0675. The summed E-state index contributed by atoms with van der Waals surface area (Å²) >= 11 is 8.27. The summed E-state index contributed by atoms with van der Waals surface area (Å²) in [6.07, 6.45) is -0.244. The van der Waals surface area contributed by atoms with Gasteiger partial charge in [-0.2, -0.15) is 0 Å². The lowest BCUT2D eigenvalue weighted by atomic mass is 10.1. The van der Waals surface area contributed by atoms with Gasteiger partial charge in [-0.25, -0.2) is 0 Å². The van der Waals surface area contributed by atoms with Crippen LogP contribution in [0, 0.1) is 6.92 Å². The van der Waals surface area contributed by atoms with Gasteiger partial charge >= 0.3 is 0 Å². The standard InChI is InChI=1S/C21H22N4O2S3/c1-13-7-9-14(10-8-13)11-22-16(26)12-29-20-23-18-17(19(27)24-20)30-21(28)25(18)15-5-3-2-4-6-15/h2-10,17-18,20,23H,11-12H2,1H3,(H,22,26)(H,24,27). The largest absolute Gasteiger partial charge is 0.351 e. The van der Waals surface area contributed by atoms with E-state index in [-0.39, 0.29) is 34.5 Å². The summed E-state index contributed by atoms with van der Waals surface area (Å²) in [4.78, 5) is 26.9. The minimum Gasteiger partial charge on any atom is -0.351 e. The number of fused-ring (bicyclic) bond motifs is 1. The van der Waals surface area contributed by atoms with Crippen molar-refractivity contribution in [3.8, 4) is 0 Å². The lowest BCUT2D eigenvalue weighted by Crippen LogP contribution is -2.64. The summed E-state index contributed by atoms with van der Waals surface area (Å²) in [7, 11) is 0. The second-order valence-electron chi connectivity index (χ2n) is 7.08. The molecule has 30 heavy (non-hydrogen) atoms. The highest BCUT2D eigenvalue weighted by atomic mass is 32.2. The summed E-state index contributed by atoms with van der Waals surface area (Å²) < 4.78 is 0.667. The first kappa shape index (κ1) is 21.2. The Morgan fingerprint density at radius 1 is 1.20 bits per heavy atom. The van der Waals surface area contributed by atoms with Crippen molar-refractivity contribution in [1.29, 1.82) is 0 Å². The van der Waals surface area contributed by atoms with E-state index in [1.165, 1.54) is 29.1 Å². The number of rotatable bonds is 6. The van der Waals surface area contributed by atoms with Crippen LogP contribution in [0.25, 0.3) is 0 Å². The maximum Gasteiger partial charge on any atom is 0.238 e. The molecule has 3 N–H and O–H groups in total. The fourth-order valence-electron chi connectivity index (χ4n) is 3.31. The van der Waals surface area contributed by atoms with E-state index < -0.39 is 0 Å². The molecule has 6 nitrogen and oxygen atoms in total. The van der Waals surface area contributed by atoms with E-state index in [1.807, 2.05) is 66.4 Å². The van der Waals surface area contributed by atoms with Crippen molar-refractivity contribution in [2.45, 2.75) is 30.4 Å². The van der Waals surface area contributed by atoms with Gasteiger partial charge < -0.3 is 15.5 Å². The molecule has 156 valence electrons. The normalized spacial score (nSPS) is 23.1. The maximum atomic E-state index is 12.6. The summed E-state index contributed by atoms with van der Waals surface area (Å²) in [5, 5.41) is 8.98. The van der Waals surface area contributed by atoms with Crippen LogP contribution in [0.5, 0.6) is 0 Å². The number of hydrogen-bond donors (Lipinski definition) is 3. The van der Waals surface area contributed by atoms with Gasteiger partial charge in [-0.05, 0) is 24.6 Å². The van der Waals surface area contributed by atoms with E-state index in [1.54, 1.807) is 0 Å². The van der Waals surface area contributed by atoms with E-state index in [0.717, 1.165) is 11.3 Å². The van der Waals surface area contributed by atoms with E-state index in [4.69, 9.17) is 12.2 Å². The molecule has 2 fully saturated rings. The molecule has 0 aliphatic carbocycles. The molecule has 2 aliphatic heterocycles. The molecule has 2 aromatic rings. The molecule has 2 heterocycles.